The molecule has 1 aromatic rings. The Hall–Kier alpha value is -1.34. The zero-order valence-corrected chi connectivity index (χ0v) is 12.8. The highest BCUT2D eigenvalue weighted by Gasteiger charge is 2.29. The Morgan fingerprint density at radius 1 is 1.47 bits per heavy atom. The van der Waals surface area contributed by atoms with Crippen molar-refractivity contribution in [2.45, 2.75) is 26.4 Å². The molecule has 1 aromatic heterocycles. The van der Waals surface area contributed by atoms with E-state index in [9.17, 15) is 9.59 Å². The predicted octanol–water partition coefficient (Wildman–Crippen LogP) is 3.92. The van der Waals surface area contributed by atoms with Gasteiger partial charge in [-0.1, -0.05) is 11.6 Å². The summed E-state index contributed by atoms with van der Waals surface area (Å²) in [6.45, 7) is 4.90. The fourth-order valence-electron chi connectivity index (χ4n) is 1.10. The van der Waals surface area contributed by atoms with Crippen molar-refractivity contribution in [3.05, 3.63) is 21.8 Å². The Morgan fingerprint density at radius 3 is 2.47 bits per heavy atom. The fourth-order valence-corrected chi connectivity index (χ4v) is 1.47. The van der Waals surface area contributed by atoms with Gasteiger partial charge in [0.2, 0.25) is 0 Å². The molecule has 0 saturated heterocycles. The maximum Gasteiger partial charge on any atom is 0.425 e. The summed E-state index contributed by atoms with van der Waals surface area (Å²) < 4.78 is 5.49. The Bertz CT molecular complexity index is 516. The Kier molecular flexibility index (Phi) is 4.75. The van der Waals surface area contributed by atoms with Crippen LogP contribution in [0.5, 0.6) is 0 Å². The number of ether oxygens (including phenoxy) is 1. The molecule has 8 heteroatoms. The number of rotatable bonds is 1. The number of carboxylic acid groups (broad SMARTS) is 1. The normalized spacial score (nSPS) is 11.0. The molecule has 1 N–H and O–H groups in total. The molecule has 0 radical (unpaired) electrons. The van der Waals surface area contributed by atoms with Crippen LogP contribution in [0.3, 0.4) is 0 Å². The van der Waals surface area contributed by atoms with Crippen molar-refractivity contribution in [1.82, 2.24) is 4.98 Å². The largest absolute Gasteiger partial charge is 0.464 e. The summed E-state index contributed by atoms with van der Waals surface area (Å²) in [5, 5.41) is 9.32. The number of anilines is 1. The number of carbonyl (C=O) groups is 2. The molecule has 1 rings (SSSR count). The van der Waals surface area contributed by atoms with Gasteiger partial charge in [-0.05, 0) is 36.7 Å². The maximum atomic E-state index is 11.8. The second kappa shape index (κ2) is 5.75. The van der Waals surface area contributed by atoms with Crippen molar-refractivity contribution in [2.75, 3.05) is 4.90 Å². The number of nitrogens with zero attached hydrogens (tertiary/aromatic N) is 2. The Balaban J connectivity index is 3.10. The lowest BCUT2D eigenvalue weighted by Crippen LogP contribution is -2.40. The monoisotopic (exact) mass is 350 g/mol. The van der Waals surface area contributed by atoms with Crippen LogP contribution in [0.15, 0.2) is 16.7 Å². The van der Waals surface area contributed by atoms with Crippen LogP contribution in [0.1, 0.15) is 20.8 Å². The van der Waals surface area contributed by atoms with E-state index in [0.29, 0.717) is 9.37 Å². The van der Waals surface area contributed by atoms with Crippen LogP contribution in [-0.2, 0) is 4.74 Å². The fraction of sp³-hybridized carbons (Fsp3) is 0.364. The number of halogens is 2. The third-order valence-electron chi connectivity index (χ3n) is 1.79. The molecule has 6 nitrogen and oxygen atoms in total. The van der Waals surface area contributed by atoms with Gasteiger partial charge in [0, 0.05) is 12.3 Å². The molecule has 2 amide bonds. The number of aromatic nitrogens is 1. The van der Waals surface area contributed by atoms with Crippen LogP contribution in [-0.4, -0.2) is 27.9 Å². The van der Waals surface area contributed by atoms with Crippen LogP contribution in [0.2, 0.25) is 5.02 Å². The van der Waals surface area contributed by atoms with E-state index in [4.69, 9.17) is 21.4 Å². The van der Waals surface area contributed by atoms with Crippen molar-refractivity contribution >= 4 is 45.5 Å². The first-order valence-corrected chi connectivity index (χ1v) is 6.36. The summed E-state index contributed by atoms with van der Waals surface area (Å²) in [5.41, 5.74) is -0.816. The van der Waals surface area contributed by atoms with E-state index >= 15 is 0 Å². The molecule has 1 heterocycles. The van der Waals surface area contributed by atoms with Gasteiger partial charge in [0.05, 0.1) is 9.50 Å². The van der Waals surface area contributed by atoms with Gasteiger partial charge in [0.1, 0.15) is 11.4 Å². The Labute approximate surface area is 123 Å². The second-order valence-corrected chi connectivity index (χ2v) is 5.82. The highest BCUT2D eigenvalue weighted by Crippen LogP contribution is 2.26. The van der Waals surface area contributed by atoms with Gasteiger partial charge in [-0.3, -0.25) is 0 Å². The lowest BCUT2D eigenvalue weighted by molar-refractivity contribution is 0.0581. The van der Waals surface area contributed by atoms with Crippen molar-refractivity contribution in [2.24, 2.45) is 0 Å². The van der Waals surface area contributed by atoms with Crippen molar-refractivity contribution < 1.29 is 19.4 Å². The van der Waals surface area contributed by atoms with Gasteiger partial charge in [-0.2, -0.15) is 4.90 Å². The quantitative estimate of drug-likeness (QED) is 0.829. The predicted molar refractivity (Wildman–Crippen MR) is 73.7 cm³/mol. The van der Waals surface area contributed by atoms with Gasteiger partial charge in [-0.25, -0.2) is 14.6 Å². The van der Waals surface area contributed by atoms with E-state index in [-0.39, 0.29) is 10.8 Å². The summed E-state index contributed by atoms with van der Waals surface area (Å²) in [5.74, 6) is -0.130. The molecule has 0 bridgehead atoms. The van der Waals surface area contributed by atoms with Crippen molar-refractivity contribution in [1.29, 1.82) is 0 Å². The topological polar surface area (TPSA) is 79.7 Å². The molecule has 0 saturated carbocycles. The highest BCUT2D eigenvalue weighted by atomic mass is 79.9. The molecule has 0 aliphatic carbocycles. The van der Waals surface area contributed by atoms with Gasteiger partial charge >= 0.3 is 12.2 Å². The van der Waals surface area contributed by atoms with E-state index in [2.05, 4.69) is 20.9 Å². The minimum Gasteiger partial charge on any atom is -0.464 e. The number of amides is 2. The molecule has 104 valence electrons. The van der Waals surface area contributed by atoms with Gasteiger partial charge in [0.25, 0.3) is 0 Å². The van der Waals surface area contributed by atoms with Crippen LogP contribution in [0.25, 0.3) is 0 Å². The SMILES string of the molecule is CC(C)(C)OC(=O)N(C(=O)O)c1cc(Cl)c(Br)cn1. The third-order valence-corrected chi connectivity index (χ3v) is 2.96. The smallest absolute Gasteiger partial charge is 0.425 e. The van der Waals surface area contributed by atoms with Gasteiger partial charge in [-0.15, -0.1) is 0 Å². The maximum absolute atomic E-state index is 11.8. The molecular formula is C11H12BrClN2O4. The van der Waals surface area contributed by atoms with Crippen LogP contribution in [0, 0.1) is 0 Å². The second-order valence-electron chi connectivity index (χ2n) is 4.55. The summed E-state index contributed by atoms with van der Waals surface area (Å²) >= 11 is 8.97. The molecule has 0 unspecified atom stereocenters. The molecule has 0 aromatic carbocycles. The molecule has 19 heavy (non-hydrogen) atoms. The van der Waals surface area contributed by atoms with Crippen LogP contribution < -0.4 is 4.90 Å². The van der Waals surface area contributed by atoms with E-state index in [1.54, 1.807) is 20.8 Å². The third kappa shape index (κ3) is 4.36. The minimum absolute atomic E-state index is 0.130. The van der Waals surface area contributed by atoms with E-state index < -0.39 is 17.8 Å². The number of hydrogen-bond acceptors (Lipinski definition) is 4. The standard InChI is InChI=1S/C11H12BrClN2O4/c1-11(2,3)19-10(18)15(9(16)17)8-4-7(13)6(12)5-14-8/h4-5H,1-3H3,(H,16,17). The average Bonchev–Trinajstić information content (AvgIpc) is 2.20. The van der Waals surface area contributed by atoms with Crippen LogP contribution >= 0.6 is 27.5 Å². The van der Waals surface area contributed by atoms with Crippen molar-refractivity contribution in [3.63, 3.8) is 0 Å². The number of hydrogen-bond donors (Lipinski definition) is 1. The zero-order chi connectivity index (χ0) is 14.8. The number of carbonyl (C=O) groups excluding carboxylic acids is 1. The summed E-state index contributed by atoms with van der Waals surface area (Å²) in [6, 6.07) is 1.25. The van der Waals surface area contributed by atoms with E-state index in [1.807, 2.05) is 0 Å². The molecule has 0 atom stereocenters. The molecule has 0 aliphatic rings. The molecule has 0 aliphatic heterocycles. The lowest BCUT2D eigenvalue weighted by Gasteiger charge is -2.23. The molecular weight excluding hydrogens is 339 g/mol. The summed E-state index contributed by atoms with van der Waals surface area (Å²) in [4.78, 5) is 27.2. The van der Waals surface area contributed by atoms with E-state index in [1.165, 1.54) is 12.3 Å². The molecule has 0 spiro atoms. The molecule has 0 fully saturated rings. The van der Waals surface area contributed by atoms with Crippen molar-refractivity contribution in [3.8, 4) is 0 Å². The van der Waals surface area contributed by atoms with Gasteiger partial charge < -0.3 is 9.84 Å². The van der Waals surface area contributed by atoms with Gasteiger partial charge in [0.15, 0.2) is 0 Å². The summed E-state index contributed by atoms with van der Waals surface area (Å²) in [6.07, 6.45) is -1.23. The first kappa shape index (κ1) is 15.7. The average molecular weight is 352 g/mol. The lowest BCUT2D eigenvalue weighted by atomic mass is 10.2. The number of pyridine rings is 1. The zero-order valence-electron chi connectivity index (χ0n) is 10.5. The first-order chi connectivity index (χ1) is 8.61. The van der Waals surface area contributed by atoms with E-state index in [0.717, 1.165) is 0 Å². The van der Waals surface area contributed by atoms with Crippen LogP contribution in [0.4, 0.5) is 15.4 Å². The summed E-state index contributed by atoms with van der Waals surface area (Å²) in [7, 11) is 0. The minimum atomic E-state index is -1.50. The number of imide groups is 1. The Morgan fingerprint density at radius 2 is 2.05 bits per heavy atom. The highest BCUT2D eigenvalue weighted by molar-refractivity contribution is 9.10. The first-order valence-electron chi connectivity index (χ1n) is 5.19.